The molecule has 6 heteroatoms. The van der Waals surface area contributed by atoms with Crippen LogP contribution in [0.2, 0.25) is 0 Å². The number of hydrogen-bond donors (Lipinski definition) is 2. The van der Waals surface area contributed by atoms with Crippen LogP contribution in [0.25, 0.3) is 0 Å². The highest BCUT2D eigenvalue weighted by Gasteiger charge is 2.25. The van der Waals surface area contributed by atoms with Crippen LogP contribution in [0.1, 0.15) is 78.1 Å². The van der Waals surface area contributed by atoms with E-state index in [-0.39, 0.29) is 11.8 Å². The third kappa shape index (κ3) is 6.38. The van der Waals surface area contributed by atoms with Crippen LogP contribution < -0.4 is 10.6 Å². The Hall–Kier alpha value is -0.880. The van der Waals surface area contributed by atoms with Gasteiger partial charge in [-0.05, 0) is 51.4 Å². The minimum Gasteiger partial charge on any atom is -0.352 e. The Kier molecular flexibility index (Phi) is 9.68. The van der Waals surface area contributed by atoms with Crippen molar-refractivity contribution >= 4 is 33.4 Å². The summed E-state index contributed by atoms with van der Waals surface area (Å²) in [7, 11) is 3.41. The summed E-state index contributed by atoms with van der Waals surface area (Å²) in [4.78, 5) is 27.2. The minimum absolute atomic E-state index is 0.108. The van der Waals surface area contributed by atoms with Crippen molar-refractivity contribution in [2.75, 3.05) is 13.1 Å². The predicted molar refractivity (Wildman–Crippen MR) is 113 cm³/mol. The monoisotopic (exact) mass is 396 g/mol. The average Bonchev–Trinajstić information content (AvgIpc) is 3.29. The Morgan fingerprint density at radius 3 is 1.58 bits per heavy atom. The molecule has 0 aromatic heterocycles. The largest absolute Gasteiger partial charge is 0.352 e. The van der Waals surface area contributed by atoms with Gasteiger partial charge in [-0.15, -0.1) is 0 Å². The molecule has 0 heterocycles. The van der Waals surface area contributed by atoms with Crippen LogP contribution in [-0.2, 0) is 9.59 Å². The van der Waals surface area contributed by atoms with Crippen molar-refractivity contribution in [2.45, 2.75) is 78.1 Å². The standard InChI is InChI=1S/C20H32N2O2S2/c1-3-5-13-21-19(23)15-9-7-11-17(15)25-26-18-12-8-10-16(18)20(24)22-14-6-4-2/h3-14H2,1-2H3,(H,21,23)(H,22,24). The molecule has 0 fully saturated rings. The van der Waals surface area contributed by atoms with Crippen LogP contribution in [0, 0.1) is 0 Å². The van der Waals surface area contributed by atoms with Gasteiger partial charge in [-0.2, -0.15) is 0 Å². The first-order chi connectivity index (χ1) is 12.7. The van der Waals surface area contributed by atoms with Gasteiger partial charge in [-0.3, -0.25) is 9.59 Å². The Morgan fingerprint density at radius 2 is 1.19 bits per heavy atom. The maximum atomic E-state index is 12.4. The van der Waals surface area contributed by atoms with E-state index in [1.807, 2.05) is 0 Å². The lowest BCUT2D eigenvalue weighted by molar-refractivity contribution is -0.118. The summed E-state index contributed by atoms with van der Waals surface area (Å²) >= 11 is 0. The van der Waals surface area contributed by atoms with Gasteiger partial charge in [0.15, 0.2) is 0 Å². The third-order valence-corrected chi connectivity index (χ3v) is 7.60. The van der Waals surface area contributed by atoms with Crippen molar-refractivity contribution in [2.24, 2.45) is 0 Å². The Bertz CT molecular complexity index is 520. The molecule has 0 radical (unpaired) electrons. The zero-order valence-electron chi connectivity index (χ0n) is 16.1. The van der Waals surface area contributed by atoms with Crippen molar-refractivity contribution in [3.63, 3.8) is 0 Å². The van der Waals surface area contributed by atoms with Gasteiger partial charge in [0.25, 0.3) is 0 Å². The first-order valence-electron chi connectivity index (χ1n) is 10.0. The molecule has 26 heavy (non-hydrogen) atoms. The van der Waals surface area contributed by atoms with E-state index in [2.05, 4.69) is 24.5 Å². The molecule has 4 nitrogen and oxygen atoms in total. The van der Waals surface area contributed by atoms with Crippen molar-refractivity contribution < 1.29 is 9.59 Å². The molecule has 0 aliphatic heterocycles. The molecule has 0 atom stereocenters. The van der Waals surface area contributed by atoms with Gasteiger partial charge in [0, 0.05) is 34.0 Å². The molecule has 2 rings (SSSR count). The van der Waals surface area contributed by atoms with Crippen LogP contribution in [0.3, 0.4) is 0 Å². The first kappa shape index (κ1) is 21.4. The second-order valence-electron chi connectivity index (χ2n) is 6.90. The summed E-state index contributed by atoms with van der Waals surface area (Å²) in [6.07, 6.45) is 10.1. The van der Waals surface area contributed by atoms with Crippen molar-refractivity contribution in [3.05, 3.63) is 21.0 Å². The topological polar surface area (TPSA) is 58.2 Å². The van der Waals surface area contributed by atoms with E-state index in [4.69, 9.17) is 0 Å². The molecule has 0 saturated heterocycles. The molecule has 2 amide bonds. The highest BCUT2D eigenvalue weighted by atomic mass is 33.1. The molecule has 0 bridgehead atoms. The Morgan fingerprint density at radius 1 is 0.769 bits per heavy atom. The number of hydrogen-bond acceptors (Lipinski definition) is 4. The molecule has 0 spiro atoms. The lowest BCUT2D eigenvalue weighted by Crippen LogP contribution is -2.25. The average molecular weight is 397 g/mol. The molecule has 2 N–H and O–H groups in total. The molecular weight excluding hydrogens is 364 g/mol. The third-order valence-electron chi connectivity index (χ3n) is 4.76. The molecule has 0 saturated carbocycles. The molecular formula is C20H32N2O2S2. The fourth-order valence-electron chi connectivity index (χ4n) is 3.17. The maximum Gasteiger partial charge on any atom is 0.248 e. The van der Waals surface area contributed by atoms with Crippen LogP contribution >= 0.6 is 21.6 Å². The van der Waals surface area contributed by atoms with Gasteiger partial charge >= 0.3 is 0 Å². The Labute approximate surface area is 165 Å². The normalized spacial score (nSPS) is 17.2. The number of rotatable bonds is 11. The van der Waals surface area contributed by atoms with Crippen molar-refractivity contribution in [1.82, 2.24) is 10.6 Å². The van der Waals surface area contributed by atoms with Crippen LogP contribution in [-0.4, -0.2) is 24.9 Å². The lowest BCUT2D eigenvalue weighted by Gasteiger charge is -2.10. The minimum atomic E-state index is 0.108. The van der Waals surface area contributed by atoms with Gasteiger partial charge in [0.2, 0.25) is 11.8 Å². The second kappa shape index (κ2) is 11.8. The highest BCUT2D eigenvalue weighted by molar-refractivity contribution is 8.79. The number of carbonyl (C=O) groups excluding carboxylic acids is 2. The van der Waals surface area contributed by atoms with Crippen LogP contribution in [0.4, 0.5) is 0 Å². The van der Waals surface area contributed by atoms with Crippen molar-refractivity contribution in [3.8, 4) is 0 Å². The SMILES string of the molecule is CCCCNC(=O)C1=C(SSC2=C(C(=O)NCCCC)CCC2)CCC1. The Balaban J connectivity index is 1.92. The van der Waals surface area contributed by atoms with Gasteiger partial charge in [0.1, 0.15) is 0 Å². The first-order valence-corrected chi connectivity index (χ1v) is 12.2. The number of allylic oxidation sites excluding steroid dienone is 2. The van der Waals surface area contributed by atoms with Crippen molar-refractivity contribution in [1.29, 1.82) is 0 Å². The second-order valence-corrected chi connectivity index (χ2v) is 9.22. The van der Waals surface area contributed by atoms with Gasteiger partial charge < -0.3 is 10.6 Å². The zero-order chi connectivity index (χ0) is 18.8. The van der Waals surface area contributed by atoms with E-state index in [1.165, 1.54) is 9.81 Å². The molecule has 0 unspecified atom stereocenters. The summed E-state index contributed by atoms with van der Waals surface area (Å²) in [5.41, 5.74) is 1.93. The number of carbonyl (C=O) groups is 2. The van der Waals surface area contributed by atoms with Crippen LogP contribution in [0.5, 0.6) is 0 Å². The molecule has 146 valence electrons. The summed E-state index contributed by atoms with van der Waals surface area (Å²) in [5, 5.41) is 6.09. The van der Waals surface area contributed by atoms with E-state index in [1.54, 1.807) is 21.6 Å². The van der Waals surface area contributed by atoms with E-state index in [9.17, 15) is 9.59 Å². The number of nitrogens with one attached hydrogen (secondary N) is 2. The van der Waals surface area contributed by atoms with E-state index < -0.39 is 0 Å². The summed E-state index contributed by atoms with van der Waals surface area (Å²) in [6.45, 7) is 5.78. The molecule has 0 aromatic rings. The lowest BCUT2D eigenvalue weighted by atomic mass is 10.2. The van der Waals surface area contributed by atoms with Crippen LogP contribution in [0.15, 0.2) is 21.0 Å². The van der Waals surface area contributed by atoms with Gasteiger partial charge in [-0.1, -0.05) is 48.3 Å². The maximum absolute atomic E-state index is 12.4. The zero-order valence-corrected chi connectivity index (χ0v) is 17.8. The van der Waals surface area contributed by atoms with E-state index >= 15 is 0 Å². The quantitative estimate of drug-likeness (QED) is 0.378. The molecule has 2 aliphatic carbocycles. The van der Waals surface area contributed by atoms with Gasteiger partial charge in [-0.25, -0.2) is 0 Å². The summed E-state index contributed by atoms with van der Waals surface area (Å²) in [5.74, 6) is 0.217. The van der Waals surface area contributed by atoms with Gasteiger partial charge in [0.05, 0.1) is 0 Å². The van der Waals surface area contributed by atoms with E-state index in [0.717, 1.165) is 88.4 Å². The number of unbranched alkanes of at least 4 members (excludes halogenated alkanes) is 2. The highest BCUT2D eigenvalue weighted by Crippen LogP contribution is 2.48. The fourth-order valence-corrected chi connectivity index (χ4v) is 6.12. The summed E-state index contributed by atoms with van der Waals surface area (Å²) < 4.78 is 0. The molecule has 2 aliphatic rings. The fraction of sp³-hybridized carbons (Fsp3) is 0.700. The predicted octanol–water partition coefficient (Wildman–Crippen LogP) is 5.08. The summed E-state index contributed by atoms with van der Waals surface area (Å²) in [6, 6.07) is 0. The smallest absolute Gasteiger partial charge is 0.248 e. The molecule has 0 aromatic carbocycles. The number of amides is 2. The van der Waals surface area contributed by atoms with E-state index in [0.29, 0.717) is 0 Å².